The van der Waals surface area contributed by atoms with Crippen LogP contribution in [0.4, 0.5) is 0 Å². The molecule has 0 aliphatic carbocycles. The smallest absolute Gasteiger partial charge is 0.264 e. The van der Waals surface area contributed by atoms with Crippen molar-refractivity contribution in [3.63, 3.8) is 0 Å². The Morgan fingerprint density at radius 2 is 2.33 bits per heavy atom. The second-order valence-electron chi connectivity index (χ2n) is 4.38. The normalized spacial score (nSPS) is 19.6. The molecule has 1 aromatic rings. The summed E-state index contributed by atoms with van der Waals surface area (Å²) in [6.07, 6.45) is 2.76. The van der Waals surface area contributed by atoms with E-state index in [-0.39, 0.29) is 17.9 Å². The number of carbonyl (C=O) groups excluding carboxylic acids is 2. The first-order chi connectivity index (χ1) is 8.74. The molecule has 1 saturated heterocycles. The van der Waals surface area contributed by atoms with Crippen molar-refractivity contribution in [3.05, 3.63) is 22.4 Å². The van der Waals surface area contributed by atoms with Crippen LogP contribution in [0.3, 0.4) is 0 Å². The second kappa shape index (κ2) is 6.00. The van der Waals surface area contributed by atoms with Crippen LogP contribution in [0.15, 0.2) is 17.5 Å². The summed E-state index contributed by atoms with van der Waals surface area (Å²) in [6, 6.07) is 3.38. The first-order valence-electron chi connectivity index (χ1n) is 6.36. The van der Waals surface area contributed by atoms with E-state index < -0.39 is 0 Å². The second-order valence-corrected chi connectivity index (χ2v) is 5.33. The van der Waals surface area contributed by atoms with Crippen molar-refractivity contribution in [1.29, 1.82) is 0 Å². The third-order valence-electron chi connectivity index (χ3n) is 3.15. The number of nitrogens with one attached hydrogen (secondary N) is 1. The van der Waals surface area contributed by atoms with Crippen molar-refractivity contribution in [2.45, 2.75) is 32.2 Å². The van der Waals surface area contributed by atoms with Gasteiger partial charge in [-0.2, -0.15) is 0 Å². The van der Waals surface area contributed by atoms with E-state index in [9.17, 15) is 9.59 Å². The van der Waals surface area contributed by atoms with Gasteiger partial charge < -0.3 is 10.2 Å². The number of amides is 2. The van der Waals surface area contributed by atoms with E-state index in [0.29, 0.717) is 18.0 Å². The van der Waals surface area contributed by atoms with Crippen molar-refractivity contribution in [2.75, 3.05) is 13.1 Å². The fourth-order valence-corrected chi connectivity index (χ4v) is 2.96. The molecule has 0 saturated carbocycles. The zero-order valence-corrected chi connectivity index (χ0v) is 11.3. The molecule has 2 amide bonds. The van der Waals surface area contributed by atoms with Crippen molar-refractivity contribution in [1.82, 2.24) is 10.2 Å². The number of thiophene rings is 1. The fraction of sp³-hybridized carbons (Fsp3) is 0.538. The third kappa shape index (κ3) is 2.72. The number of piperidine rings is 1. The SMILES string of the molecule is CCNC(=O)C1CCCCN1C(=O)c1cccs1. The Balaban J connectivity index is 2.12. The minimum atomic E-state index is -0.298. The maximum absolute atomic E-state index is 12.3. The number of likely N-dealkylation sites (N-methyl/N-ethyl adjacent to an activating group) is 1. The minimum absolute atomic E-state index is 0.0130. The molecule has 2 rings (SSSR count). The summed E-state index contributed by atoms with van der Waals surface area (Å²) in [5.41, 5.74) is 0. The molecule has 2 heterocycles. The van der Waals surface area contributed by atoms with Gasteiger partial charge >= 0.3 is 0 Å². The Morgan fingerprint density at radius 1 is 1.50 bits per heavy atom. The molecule has 0 spiro atoms. The van der Waals surface area contributed by atoms with Crippen LogP contribution in [0.5, 0.6) is 0 Å². The number of carbonyl (C=O) groups is 2. The van der Waals surface area contributed by atoms with E-state index in [1.165, 1.54) is 11.3 Å². The predicted molar refractivity (Wildman–Crippen MR) is 71.7 cm³/mol. The highest BCUT2D eigenvalue weighted by atomic mass is 32.1. The predicted octanol–water partition coefficient (Wildman–Crippen LogP) is 1.88. The molecular weight excluding hydrogens is 248 g/mol. The van der Waals surface area contributed by atoms with Gasteiger partial charge in [0.1, 0.15) is 6.04 Å². The highest BCUT2D eigenvalue weighted by Crippen LogP contribution is 2.21. The first kappa shape index (κ1) is 13.1. The summed E-state index contributed by atoms with van der Waals surface area (Å²) in [4.78, 5) is 26.8. The Morgan fingerprint density at radius 3 is 3.00 bits per heavy atom. The lowest BCUT2D eigenvalue weighted by atomic mass is 10.0. The average molecular weight is 266 g/mol. The Bertz CT molecular complexity index is 417. The van der Waals surface area contributed by atoms with Crippen LogP contribution in [-0.4, -0.2) is 35.8 Å². The minimum Gasteiger partial charge on any atom is -0.355 e. The molecule has 1 unspecified atom stereocenters. The lowest BCUT2D eigenvalue weighted by Crippen LogP contribution is -2.51. The van der Waals surface area contributed by atoms with Crippen LogP contribution in [0, 0.1) is 0 Å². The molecular formula is C13H18N2O2S. The van der Waals surface area contributed by atoms with Gasteiger partial charge in [-0.3, -0.25) is 9.59 Å². The van der Waals surface area contributed by atoms with Crippen LogP contribution >= 0.6 is 11.3 Å². The van der Waals surface area contributed by atoms with Crippen LogP contribution < -0.4 is 5.32 Å². The molecule has 1 aromatic heterocycles. The maximum Gasteiger partial charge on any atom is 0.264 e. The molecule has 0 radical (unpaired) electrons. The topological polar surface area (TPSA) is 49.4 Å². The van der Waals surface area contributed by atoms with E-state index in [1.54, 1.807) is 4.90 Å². The van der Waals surface area contributed by atoms with Crippen molar-refractivity contribution >= 4 is 23.2 Å². The number of hydrogen-bond acceptors (Lipinski definition) is 3. The molecule has 1 aliphatic rings. The summed E-state index contributed by atoms with van der Waals surface area (Å²) in [6.45, 7) is 3.18. The number of rotatable bonds is 3. The largest absolute Gasteiger partial charge is 0.355 e. The third-order valence-corrected chi connectivity index (χ3v) is 4.01. The summed E-state index contributed by atoms with van der Waals surface area (Å²) in [5, 5.41) is 4.70. The van der Waals surface area contributed by atoms with Crippen molar-refractivity contribution in [3.8, 4) is 0 Å². The van der Waals surface area contributed by atoms with E-state index in [1.807, 2.05) is 24.4 Å². The lowest BCUT2D eigenvalue weighted by Gasteiger charge is -2.34. The van der Waals surface area contributed by atoms with Crippen LogP contribution in [0.1, 0.15) is 35.9 Å². The Labute approximate surface area is 111 Å². The number of likely N-dealkylation sites (tertiary alicyclic amines) is 1. The van der Waals surface area contributed by atoms with Crippen LogP contribution in [0.25, 0.3) is 0 Å². The fourth-order valence-electron chi connectivity index (χ4n) is 2.28. The summed E-state index contributed by atoms with van der Waals surface area (Å²) < 4.78 is 0. The van der Waals surface area contributed by atoms with Crippen LogP contribution in [-0.2, 0) is 4.79 Å². The molecule has 1 atom stereocenters. The van der Waals surface area contributed by atoms with E-state index in [2.05, 4.69) is 5.32 Å². The average Bonchev–Trinajstić information content (AvgIpc) is 2.92. The van der Waals surface area contributed by atoms with E-state index in [4.69, 9.17) is 0 Å². The zero-order chi connectivity index (χ0) is 13.0. The lowest BCUT2D eigenvalue weighted by molar-refractivity contribution is -0.126. The molecule has 0 aromatic carbocycles. The highest BCUT2D eigenvalue weighted by Gasteiger charge is 2.32. The van der Waals surface area contributed by atoms with Gasteiger partial charge in [-0.05, 0) is 37.6 Å². The highest BCUT2D eigenvalue weighted by molar-refractivity contribution is 7.12. The molecule has 0 bridgehead atoms. The quantitative estimate of drug-likeness (QED) is 0.908. The standard InChI is InChI=1S/C13H18N2O2S/c1-2-14-12(16)10-6-3-4-8-15(10)13(17)11-7-5-9-18-11/h5,7,9-10H,2-4,6,8H2,1H3,(H,14,16). The van der Waals surface area contributed by atoms with Gasteiger partial charge in [-0.25, -0.2) is 0 Å². The molecule has 1 fully saturated rings. The molecule has 1 N–H and O–H groups in total. The number of nitrogens with zero attached hydrogens (tertiary/aromatic N) is 1. The van der Waals surface area contributed by atoms with Gasteiger partial charge in [-0.15, -0.1) is 11.3 Å². The molecule has 1 aliphatic heterocycles. The Hall–Kier alpha value is -1.36. The van der Waals surface area contributed by atoms with Crippen LogP contribution in [0.2, 0.25) is 0 Å². The monoisotopic (exact) mass is 266 g/mol. The summed E-state index contributed by atoms with van der Waals surface area (Å²) >= 11 is 1.43. The van der Waals surface area contributed by atoms with Gasteiger partial charge in [0, 0.05) is 13.1 Å². The summed E-state index contributed by atoms with van der Waals surface area (Å²) in [7, 11) is 0. The zero-order valence-electron chi connectivity index (χ0n) is 10.5. The van der Waals surface area contributed by atoms with Gasteiger partial charge in [0.2, 0.25) is 5.91 Å². The van der Waals surface area contributed by atoms with Gasteiger partial charge in [0.25, 0.3) is 5.91 Å². The van der Waals surface area contributed by atoms with Gasteiger partial charge in [-0.1, -0.05) is 6.07 Å². The Kier molecular flexibility index (Phi) is 4.36. The van der Waals surface area contributed by atoms with Crippen molar-refractivity contribution in [2.24, 2.45) is 0 Å². The molecule has 5 heteroatoms. The van der Waals surface area contributed by atoms with E-state index in [0.717, 1.165) is 19.3 Å². The molecule has 18 heavy (non-hydrogen) atoms. The summed E-state index contributed by atoms with van der Waals surface area (Å²) in [5.74, 6) is -0.0388. The van der Waals surface area contributed by atoms with Crippen molar-refractivity contribution < 1.29 is 9.59 Å². The number of hydrogen-bond donors (Lipinski definition) is 1. The molecule has 4 nitrogen and oxygen atoms in total. The van der Waals surface area contributed by atoms with E-state index >= 15 is 0 Å². The first-order valence-corrected chi connectivity index (χ1v) is 7.24. The van der Waals surface area contributed by atoms with Gasteiger partial charge in [0.05, 0.1) is 4.88 Å². The van der Waals surface area contributed by atoms with Gasteiger partial charge in [0.15, 0.2) is 0 Å². The maximum atomic E-state index is 12.3. The molecule has 98 valence electrons.